The number of sulfonamides is 1. The van der Waals surface area contributed by atoms with Crippen LogP contribution in [0.4, 0.5) is 16.2 Å². The van der Waals surface area contributed by atoms with Gasteiger partial charge in [-0.1, -0.05) is 42.5 Å². The predicted octanol–water partition coefficient (Wildman–Crippen LogP) is 6.05. The Bertz CT molecular complexity index is 1290. The molecule has 3 aromatic rings. The van der Waals surface area contributed by atoms with Crippen molar-refractivity contribution in [3.05, 3.63) is 83.1 Å². The minimum Gasteiger partial charge on any atom is -0.443 e. The van der Waals surface area contributed by atoms with Crippen molar-refractivity contribution in [3.63, 3.8) is 0 Å². The minimum absolute atomic E-state index is 0.137. The molecule has 1 aliphatic rings. The molecule has 0 fully saturated rings. The molecule has 172 valence electrons. The van der Waals surface area contributed by atoms with E-state index in [4.69, 9.17) is 4.74 Å². The number of carbonyl (C=O) groups is 1. The number of hydrogen-bond donors (Lipinski definition) is 0. The Balaban J connectivity index is 1.92. The van der Waals surface area contributed by atoms with Crippen molar-refractivity contribution in [1.82, 2.24) is 0 Å². The lowest BCUT2D eigenvalue weighted by atomic mass is 10.2. The lowest BCUT2D eigenvalue weighted by Crippen LogP contribution is -2.50. The molecule has 2 aromatic carbocycles. The molecule has 1 aromatic heterocycles. The lowest BCUT2D eigenvalue weighted by molar-refractivity contribution is 0.0577. The Labute approximate surface area is 198 Å². The van der Waals surface area contributed by atoms with Crippen LogP contribution in [0.2, 0.25) is 0 Å². The number of ether oxygens (including phenoxy) is 1. The number of benzene rings is 2. The van der Waals surface area contributed by atoms with Crippen molar-refractivity contribution in [3.8, 4) is 0 Å². The molecule has 0 bridgehead atoms. The molecule has 1 amide bonds. The molecule has 1 unspecified atom stereocenters. The van der Waals surface area contributed by atoms with Gasteiger partial charge in [0.05, 0.1) is 16.3 Å². The highest BCUT2D eigenvalue weighted by Crippen LogP contribution is 2.47. The van der Waals surface area contributed by atoms with Crippen LogP contribution in [0.25, 0.3) is 5.57 Å². The van der Waals surface area contributed by atoms with E-state index in [0.29, 0.717) is 16.9 Å². The van der Waals surface area contributed by atoms with Crippen molar-refractivity contribution >= 4 is 44.4 Å². The molecule has 8 heteroatoms. The topological polar surface area (TPSA) is 66.9 Å². The van der Waals surface area contributed by atoms with E-state index in [-0.39, 0.29) is 4.90 Å². The van der Waals surface area contributed by atoms with Crippen molar-refractivity contribution in [1.29, 1.82) is 0 Å². The molecular formula is C25H26N2O4S2. The van der Waals surface area contributed by atoms with Gasteiger partial charge in [-0.2, -0.15) is 0 Å². The van der Waals surface area contributed by atoms with Crippen molar-refractivity contribution in [2.45, 2.75) is 44.4 Å². The van der Waals surface area contributed by atoms with Gasteiger partial charge in [0, 0.05) is 10.5 Å². The molecule has 0 saturated heterocycles. The second-order valence-corrected chi connectivity index (χ2v) is 11.6. The zero-order valence-electron chi connectivity index (χ0n) is 19.0. The molecule has 0 aliphatic carbocycles. The second-order valence-electron chi connectivity index (χ2n) is 8.83. The van der Waals surface area contributed by atoms with Crippen LogP contribution in [-0.4, -0.2) is 26.3 Å². The Morgan fingerprint density at radius 2 is 1.64 bits per heavy atom. The maximum atomic E-state index is 14.0. The third-order valence-corrected chi connectivity index (χ3v) is 7.89. The van der Waals surface area contributed by atoms with Gasteiger partial charge in [0.15, 0.2) is 6.17 Å². The summed E-state index contributed by atoms with van der Waals surface area (Å²) in [6, 6.07) is 17.3. The zero-order chi connectivity index (χ0) is 24.0. The van der Waals surface area contributed by atoms with E-state index in [9.17, 15) is 13.2 Å². The van der Waals surface area contributed by atoms with E-state index < -0.39 is 27.9 Å². The second kappa shape index (κ2) is 8.35. The van der Waals surface area contributed by atoms with E-state index in [1.165, 1.54) is 20.5 Å². The Morgan fingerprint density at radius 3 is 2.21 bits per heavy atom. The number of aryl methyl sites for hydroxylation is 1. The number of anilines is 2. The highest BCUT2D eigenvalue weighted by Gasteiger charge is 2.48. The fraction of sp³-hybridized carbons (Fsp3) is 0.240. The number of hydrogen-bond acceptors (Lipinski definition) is 5. The summed E-state index contributed by atoms with van der Waals surface area (Å²) in [4.78, 5) is 15.7. The molecule has 33 heavy (non-hydrogen) atoms. The van der Waals surface area contributed by atoms with Gasteiger partial charge in [0.2, 0.25) is 0 Å². The van der Waals surface area contributed by atoms with Crippen LogP contribution in [0.15, 0.2) is 77.5 Å². The summed E-state index contributed by atoms with van der Waals surface area (Å²) >= 11 is 1.43. The van der Waals surface area contributed by atoms with E-state index in [1.54, 1.807) is 69.3 Å². The third-order valence-electron chi connectivity index (χ3n) is 5.16. The van der Waals surface area contributed by atoms with Crippen LogP contribution in [-0.2, 0) is 14.8 Å². The first-order valence-electron chi connectivity index (χ1n) is 10.5. The van der Waals surface area contributed by atoms with Crippen LogP contribution in [0.5, 0.6) is 0 Å². The molecule has 0 saturated carbocycles. The highest BCUT2D eigenvalue weighted by molar-refractivity contribution is 7.93. The van der Waals surface area contributed by atoms with E-state index in [2.05, 4.69) is 6.58 Å². The maximum Gasteiger partial charge on any atom is 0.416 e. The summed E-state index contributed by atoms with van der Waals surface area (Å²) in [5, 5.41) is 1.89. The van der Waals surface area contributed by atoms with Crippen LogP contribution in [0, 0.1) is 6.92 Å². The van der Waals surface area contributed by atoms with E-state index >= 15 is 0 Å². The standard InChI is InChI=1S/C25H26N2O4S2/c1-17-12-14-19(15-13-17)33(29,30)27-21-10-7-6-9-20(21)26(24(28)31-25(3,4)5)23(27)18(2)22-11-8-16-32-22/h6-16,23H,2H2,1,3-5H3. The Morgan fingerprint density at radius 1 is 1.00 bits per heavy atom. The SMILES string of the molecule is C=C(c1cccs1)C1N(C(=O)OC(C)(C)C)c2ccccc2N1S(=O)(=O)c1ccc(C)cc1. The summed E-state index contributed by atoms with van der Waals surface area (Å²) < 4.78 is 34.9. The monoisotopic (exact) mass is 482 g/mol. The number of nitrogens with zero attached hydrogens (tertiary/aromatic N) is 2. The molecule has 2 heterocycles. The first-order valence-corrected chi connectivity index (χ1v) is 12.8. The molecule has 6 nitrogen and oxygen atoms in total. The van der Waals surface area contributed by atoms with Crippen molar-refractivity contribution in [2.24, 2.45) is 0 Å². The molecule has 0 N–H and O–H groups in total. The fourth-order valence-corrected chi connectivity index (χ4v) is 6.03. The van der Waals surface area contributed by atoms with Gasteiger partial charge in [0.25, 0.3) is 10.0 Å². The van der Waals surface area contributed by atoms with Crippen LogP contribution in [0.3, 0.4) is 0 Å². The Hall–Kier alpha value is -3.10. The quantitative estimate of drug-likeness (QED) is 0.454. The highest BCUT2D eigenvalue weighted by atomic mass is 32.2. The van der Waals surface area contributed by atoms with Gasteiger partial charge in [-0.25, -0.2) is 22.4 Å². The van der Waals surface area contributed by atoms with Gasteiger partial charge < -0.3 is 4.74 Å². The smallest absolute Gasteiger partial charge is 0.416 e. The van der Waals surface area contributed by atoms with Crippen molar-refractivity contribution < 1.29 is 17.9 Å². The van der Waals surface area contributed by atoms with Gasteiger partial charge in [-0.3, -0.25) is 0 Å². The first kappa shape index (κ1) is 23.1. The zero-order valence-corrected chi connectivity index (χ0v) is 20.6. The number of amides is 1. The van der Waals surface area contributed by atoms with E-state index in [1.807, 2.05) is 24.4 Å². The lowest BCUT2D eigenvalue weighted by Gasteiger charge is -2.33. The third kappa shape index (κ3) is 4.28. The van der Waals surface area contributed by atoms with Gasteiger partial charge in [-0.05, 0) is 63.4 Å². The van der Waals surface area contributed by atoms with Crippen molar-refractivity contribution in [2.75, 3.05) is 9.21 Å². The molecule has 4 rings (SSSR count). The summed E-state index contributed by atoms with van der Waals surface area (Å²) in [6.07, 6.45) is -1.65. The van der Waals surface area contributed by atoms with Crippen LogP contribution < -0.4 is 9.21 Å². The predicted molar refractivity (Wildman–Crippen MR) is 133 cm³/mol. The molecular weight excluding hydrogens is 456 g/mol. The largest absolute Gasteiger partial charge is 0.443 e. The summed E-state index contributed by atoms with van der Waals surface area (Å²) in [7, 11) is -4.04. The number of thiophene rings is 1. The molecule has 0 spiro atoms. The van der Waals surface area contributed by atoms with Gasteiger partial charge in [-0.15, -0.1) is 11.3 Å². The number of fused-ring (bicyclic) bond motifs is 1. The fourth-order valence-electron chi connectivity index (χ4n) is 3.70. The number of para-hydroxylation sites is 2. The summed E-state index contributed by atoms with van der Waals surface area (Å²) in [5.41, 5.74) is 1.52. The average molecular weight is 483 g/mol. The number of rotatable bonds is 4. The average Bonchev–Trinajstić information content (AvgIpc) is 3.39. The van der Waals surface area contributed by atoms with Crippen LogP contribution >= 0.6 is 11.3 Å². The normalized spacial score (nSPS) is 15.9. The molecule has 1 atom stereocenters. The maximum absolute atomic E-state index is 14.0. The Kier molecular flexibility index (Phi) is 5.84. The summed E-state index contributed by atoms with van der Waals surface area (Å²) in [5.74, 6) is 0. The summed E-state index contributed by atoms with van der Waals surface area (Å²) in [6.45, 7) is 11.4. The minimum atomic E-state index is -4.04. The first-order chi connectivity index (χ1) is 15.5. The molecule has 1 aliphatic heterocycles. The van der Waals surface area contributed by atoms with Gasteiger partial charge in [0.1, 0.15) is 5.60 Å². The van der Waals surface area contributed by atoms with Gasteiger partial charge >= 0.3 is 6.09 Å². The molecule has 0 radical (unpaired) electrons. The number of carbonyl (C=O) groups excluding carboxylic acids is 1. The van der Waals surface area contributed by atoms with E-state index in [0.717, 1.165) is 10.4 Å². The van der Waals surface area contributed by atoms with Crippen LogP contribution in [0.1, 0.15) is 31.2 Å².